The van der Waals surface area contributed by atoms with Crippen LogP contribution in [0.15, 0.2) is 28.0 Å². The molecule has 2 amide bonds. The fourth-order valence-corrected chi connectivity index (χ4v) is 3.17. The molecule has 1 aromatic heterocycles. The first-order valence-electron chi connectivity index (χ1n) is 8.00. The Bertz CT molecular complexity index is 650. The number of hydrogen-bond acceptors (Lipinski definition) is 5. The summed E-state index contributed by atoms with van der Waals surface area (Å²) < 4.78 is 5.18. The van der Waals surface area contributed by atoms with Gasteiger partial charge in [0.25, 0.3) is 5.91 Å². The lowest BCUT2D eigenvalue weighted by atomic mass is 9.96. The van der Waals surface area contributed by atoms with Gasteiger partial charge in [-0.15, -0.1) is 0 Å². The average Bonchev–Trinajstić information content (AvgIpc) is 2.99. The lowest BCUT2D eigenvalue weighted by Gasteiger charge is -2.21. The van der Waals surface area contributed by atoms with E-state index in [0.29, 0.717) is 37.5 Å². The number of rotatable bonds is 4. The van der Waals surface area contributed by atoms with E-state index in [9.17, 15) is 9.59 Å². The molecule has 2 aliphatic heterocycles. The van der Waals surface area contributed by atoms with Crippen LogP contribution in [0.5, 0.6) is 0 Å². The van der Waals surface area contributed by atoms with Gasteiger partial charge >= 0.3 is 0 Å². The van der Waals surface area contributed by atoms with Crippen molar-refractivity contribution >= 4 is 17.5 Å². The monoisotopic (exact) mass is 317 g/mol. The van der Waals surface area contributed by atoms with E-state index in [4.69, 9.17) is 9.25 Å². The van der Waals surface area contributed by atoms with Gasteiger partial charge in [-0.05, 0) is 25.0 Å². The minimum atomic E-state index is -0.512. The number of amides is 2. The largest absolute Gasteiger partial charge is 0.467 e. The van der Waals surface area contributed by atoms with Crippen molar-refractivity contribution < 1.29 is 18.8 Å². The van der Waals surface area contributed by atoms with Crippen LogP contribution in [-0.4, -0.2) is 41.1 Å². The van der Waals surface area contributed by atoms with Gasteiger partial charge in [-0.3, -0.25) is 9.59 Å². The number of carbonyl (C=O) groups excluding carboxylic acids is 2. The third-order valence-electron chi connectivity index (χ3n) is 4.66. The van der Waals surface area contributed by atoms with Crippen LogP contribution >= 0.6 is 0 Å². The molecular weight excluding hydrogens is 298 g/mol. The summed E-state index contributed by atoms with van der Waals surface area (Å²) in [4.78, 5) is 31.7. The second kappa shape index (κ2) is 5.40. The van der Waals surface area contributed by atoms with Crippen LogP contribution in [-0.2, 0) is 21.0 Å². The van der Waals surface area contributed by atoms with Gasteiger partial charge in [-0.2, -0.15) is 0 Å². The first kappa shape index (κ1) is 14.3. The molecule has 23 heavy (non-hydrogen) atoms. The Morgan fingerprint density at radius 1 is 1.43 bits per heavy atom. The van der Waals surface area contributed by atoms with Crippen LogP contribution in [0.3, 0.4) is 0 Å². The fourth-order valence-electron chi connectivity index (χ4n) is 3.17. The van der Waals surface area contributed by atoms with E-state index in [1.807, 2.05) is 4.90 Å². The second-order valence-electron chi connectivity index (χ2n) is 6.54. The molecule has 4 rings (SSSR count). The maximum atomic E-state index is 12.2. The fraction of sp³-hybridized carbons (Fsp3) is 0.562. The number of likely N-dealkylation sites (tertiary alicyclic amines) is 1. The summed E-state index contributed by atoms with van der Waals surface area (Å²) in [5.41, 5.74) is -0.126. The van der Waals surface area contributed by atoms with E-state index in [1.54, 1.807) is 18.4 Å². The molecule has 2 fully saturated rings. The zero-order valence-corrected chi connectivity index (χ0v) is 12.8. The van der Waals surface area contributed by atoms with Crippen molar-refractivity contribution in [2.75, 3.05) is 13.1 Å². The molecule has 1 N–H and O–H groups in total. The lowest BCUT2D eigenvalue weighted by molar-refractivity contribution is -0.132. The molecule has 1 saturated carbocycles. The minimum absolute atomic E-state index is 0.212. The first-order valence-corrected chi connectivity index (χ1v) is 8.00. The predicted octanol–water partition coefficient (Wildman–Crippen LogP) is 1.05. The van der Waals surface area contributed by atoms with Gasteiger partial charge in [0.15, 0.2) is 5.60 Å². The highest BCUT2D eigenvalue weighted by Gasteiger charge is 2.49. The smallest absolute Gasteiger partial charge is 0.269 e. The van der Waals surface area contributed by atoms with Crippen molar-refractivity contribution in [3.63, 3.8) is 0 Å². The summed E-state index contributed by atoms with van der Waals surface area (Å²) >= 11 is 0. The summed E-state index contributed by atoms with van der Waals surface area (Å²) in [7, 11) is 0. The molecule has 1 spiro atoms. The highest BCUT2D eigenvalue weighted by atomic mass is 16.7. The Hall–Kier alpha value is -2.31. The Morgan fingerprint density at radius 2 is 2.30 bits per heavy atom. The molecule has 1 atom stereocenters. The molecule has 0 bridgehead atoms. The van der Waals surface area contributed by atoms with Gasteiger partial charge in [-0.25, -0.2) is 0 Å². The topological polar surface area (TPSA) is 84.1 Å². The molecule has 122 valence electrons. The molecule has 1 aromatic rings. The number of oxime groups is 1. The first-order chi connectivity index (χ1) is 11.2. The summed E-state index contributed by atoms with van der Waals surface area (Å²) in [5.74, 6) is 0.879. The van der Waals surface area contributed by atoms with Crippen molar-refractivity contribution in [3.8, 4) is 0 Å². The molecule has 3 aliphatic rings. The Morgan fingerprint density at radius 3 is 3.04 bits per heavy atom. The number of nitrogens with one attached hydrogen (secondary N) is 1. The van der Waals surface area contributed by atoms with E-state index in [2.05, 4.69) is 10.5 Å². The quantitative estimate of drug-likeness (QED) is 0.900. The van der Waals surface area contributed by atoms with Crippen LogP contribution in [0.25, 0.3) is 0 Å². The Labute approximate surface area is 133 Å². The van der Waals surface area contributed by atoms with Crippen LogP contribution < -0.4 is 5.32 Å². The third kappa shape index (κ3) is 2.83. The van der Waals surface area contributed by atoms with Crippen molar-refractivity contribution in [2.24, 2.45) is 11.1 Å². The normalized spacial score (nSPS) is 26.3. The summed E-state index contributed by atoms with van der Waals surface area (Å²) in [6.07, 6.45) is 4.74. The zero-order chi connectivity index (χ0) is 15.9. The standard InChI is InChI=1S/C16H19N3O4/c20-14(17-9-12-2-1-7-22-12)13-8-16(23-18-13)5-6-19(10-16)15(21)11-3-4-11/h1-2,7,11H,3-6,8-10H2,(H,17,20). The third-order valence-corrected chi connectivity index (χ3v) is 4.66. The molecule has 7 nitrogen and oxygen atoms in total. The van der Waals surface area contributed by atoms with E-state index < -0.39 is 5.60 Å². The van der Waals surface area contributed by atoms with Crippen LogP contribution in [0, 0.1) is 5.92 Å². The van der Waals surface area contributed by atoms with Gasteiger partial charge in [0, 0.05) is 25.3 Å². The molecule has 1 aliphatic carbocycles. The van der Waals surface area contributed by atoms with Gasteiger partial charge in [0.1, 0.15) is 11.5 Å². The van der Waals surface area contributed by atoms with Crippen molar-refractivity contribution in [1.82, 2.24) is 10.2 Å². The van der Waals surface area contributed by atoms with Gasteiger partial charge in [0.2, 0.25) is 5.91 Å². The number of hydrogen-bond donors (Lipinski definition) is 1. The molecule has 3 heterocycles. The Kier molecular flexibility index (Phi) is 3.36. The Balaban J connectivity index is 1.31. The average molecular weight is 317 g/mol. The van der Waals surface area contributed by atoms with E-state index >= 15 is 0 Å². The van der Waals surface area contributed by atoms with Gasteiger partial charge in [0.05, 0.1) is 19.4 Å². The van der Waals surface area contributed by atoms with E-state index in [0.717, 1.165) is 19.3 Å². The highest BCUT2D eigenvalue weighted by Crippen LogP contribution is 2.38. The SMILES string of the molecule is O=C(NCc1ccco1)C1=NOC2(CCN(C(=O)C3CC3)C2)C1. The number of nitrogens with zero attached hydrogens (tertiary/aromatic N) is 2. The van der Waals surface area contributed by atoms with Crippen LogP contribution in [0.2, 0.25) is 0 Å². The predicted molar refractivity (Wildman–Crippen MR) is 80.3 cm³/mol. The van der Waals surface area contributed by atoms with E-state index in [-0.39, 0.29) is 17.7 Å². The summed E-state index contributed by atoms with van der Waals surface area (Å²) in [5, 5.41) is 6.73. The lowest BCUT2D eigenvalue weighted by Crippen LogP contribution is -2.38. The van der Waals surface area contributed by atoms with E-state index in [1.165, 1.54) is 0 Å². The summed E-state index contributed by atoms with van der Waals surface area (Å²) in [6, 6.07) is 3.57. The molecule has 0 aromatic carbocycles. The maximum Gasteiger partial charge on any atom is 0.269 e. The summed E-state index contributed by atoms with van der Waals surface area (Å²) in [6.45, 7) is 1.54. The maximum absolute atomic E-state index is 12.2. The molecular formula is C16H19N3O4. The second-order valence-corrected chi connectivity index (χ2v) is 6.54. The molecule has 7 heteroatoms. The highest BCUT2D eigenvalue weighted by molar-refractivity contribution is 6.39. The van der Waals surface area contributed by atoms with Crippen molar-refractivity contribution in [3.05, 3.63) is 24.2 Å². The number of furan rings is 1. The minimum Gasteiger partial charge on any atom is -0.467 e. The van der Waals surface area contributed by atoms with Crippen molar-refractivity contribution in [2.45, 2.75) is 37.8 Å². The van der Waals surface area contributed by atoms with Crippen LogP contribution in [0.1, 0.15) is 31.4 Å². The van der Waals surface area contributed by atoms with Crippen LogP contribution in [0.4, 0.5) is 0 Å². The molecule has 0 radical (unpaired) electrons. The molecule has 1 unspecified atom stereocenters. The number of carbonyl (C=O) groups is 2. The zero-order valence-electron chi connectivity index (χ0n) is 12.8. The van der Waals surface area contributed by atoms with Crippen molar-refractivity contribution in [1.29, 1.82) is 0 Å². The molecule has 1 saturated heterocycles. The van der Waals surface area contributed by atoms with Gasteiger partial charge in [-0.1, -0.05) is 5.16 Å². The van der Waals surface area contributed by atoms with Gasteiger partial charge < -0.3 is 19.5 Å².